The fraction of sp³-hybridized carbons (Fsp3) is 0.333. The quantitative estimate of drug-likeness (QED) is 0.883. The van der Waals surface area contributed by atoms with Gasteiger partial charge < -0.3 is 10.4 Å². The third-order valence-corrected chi connectivity index (χ3v) is 5.54. The van der Waals surface area contributed by atoms with Crippen LogP contribution >= 0.6 is 11.3 Å². The molecule has 0 radical (unpaired) electrons. The van der Waals surface area contributed by atoms with Crippen LogP contribution in [0.2, 0.25) is 0 Å². The minimum Gasteiger partial charge on any atom is -0.481 e. The molecule has 0 saturated carbocycles. The number of carboxylic acids is 1. The van der Waals surface area contributed by atoms with Crippen molar-refractivity contribution in [2.24, 2.45) is 5.92 Å². The number of nitrogens with one attached hydrogen (secondary N) is 1. The van der Waals surface area contributed by atoms with Crippen LogP contribution in [0.3, 0.4) is 0 Å². The van der Waals surface area contributed by atoms with E-state index in [1.54, 1.807) is 6.92 Å². The van der Waals surface area contributed by atoms with Gasteiger partial charge in [-0.2, -0.15) is 0 Å². The number of carbonyl (C=O) groups is 2. The zero-order valence-corrected chi connectivity index (χ0v) is 13.7. The summed E-state index contributed by atoms with van der Waals surface area (Å²) in [7, 11) is 0. The summed E-state index contributed by atoms with van der Waals surface area (Å²) < 4.78 is 0. The Labute approximate surface area is 139 Å². The van der Waals surface area contributed by atoms with Gasteiger partial charge in [-0.25, -0.2) is 0 Å². The Morgan fingerprint density at radius 2 is 1.96 bits per heavy atom. The summed E-state index contributed by atoms with van der Waals surface area (Å²) in [6.45, 7) is 1.62. The summed E-state index contributed by atoms with van der Waals surface area (Å²) in [4.78, 5) is 25.9. The van der Waals surface area contributed by atoms with Crippen molar-refractivity contribution in [3.8, 4) is 0 Å². The zero-order chi connectivity index (χ0) is 16.4. The molecule has 23 heavy (non-hydrogen) atoms. The molecule has 0 fully saturated rings. The van der Waals surface area contributed by atoms with E-state index in [0.29, 0.717) is 4.88 Å². The fourth-order valence-electron chi connectivity index (χ4n) is 2.95. The van der Waals surface area contributed by atoms with E-state index in [0.717, 1.165) is 24.8 Å². The number of fused-ring (bicyclic) bond motifs is 1. The average molecular weight is 329 g/mol. The first-order valence-electron chi connectivity index (χ1n) is 7.76. The molecule has 1 heterocycles. The first kappa shape index (κ1) is 15.7. The smallest absolute Gasteiger partial charge is 0.308 e. The van der Waals surface area contributed by atoms with E-state index in [2.05, 4.69) is 5.32 Å². The van der Waals surface area contributed by atoms with Gasteiger partial charge in [0.2, 0.25) is 0 Å². The monoisotopic (exact) mass is 329 g/mol. The molecule has 3 rings (SSSR count). The van der Waals surface area contributed by atoms with Crippen LogP contribution in [-0.4, -0.2) is 17.0 Å². The van der Waals surface area contributed by atoms with Crippen LogP contribution in [0.15, 0.2) is 36.4 Å². The second-order valence-electron chi connectivity index (χ2n) is 5.90. The molecule has 5 heteroatoms. The minimum atomic E-state index is -0.923. The molecule has 0 spiro atoms. The standard InChI is InChI=1S/C18H19NO3S/c1-11(18(21)22)16(12-6-3-2-4-7-12)19-17(20)15-10-13-8-5-9-14(13)23-15/h2-4,6-7,10-11,16H,5,8-9H2,1H3,(H,19,20)(H,21,22). The molecule has 1 aromatic carbocycles. The Kier molecular flexibility index (Phi) is 4.48. The average Bonchev–Trinajstić information content (AvgIpc) is 3.14. The zero-order valence-electron chi connectivity index (χ0n) is 12.9. The van der Waals surface area contributed by atoms with Crippen molar-refractivity contribution < 1.29 is 14.7 Å². The Bertz CT molecular complexity index is 702. The van der Waals surface area contributed by atoms with Crippen LogP contribution in [0.1, 0.15) is 45.1 Å². The molecule has 0 aliphatic heterocycles. The molecular formula is C18H19NO3S. The van der Waals surface area contributed by atoms with Gasteiger partial charge in [-0.3, -0.25) is 9.59 Å². The minimum absolute atomic E-state index is 0.189. The fourth-order valence-corrected chi connectivity index (χ4v) is 4.11. The summed E-state index contributed by atoms with van der Waals surface area (Å²) >= 11 is 1.53. The van der Waals surface area contributed by atoms with E-state index in [1.807, 2.05) is 36.4 Å². The molecule has 2 N–H and O–H groups in total. The Hall–Kier alpha value is -2.14. The summed E-state index contributed by atoms with van der Waals surface area (Å²) in [5.74, 6) is -1.81. The van der Waals surface area contributed by atoms with Crippen LogP contribution < -0.4 is 5.32 Å². The van der Waals surface area contributed by atoms with Gasteiger partial charge in [0, 0.05) is 4.88 Å². The first-order chi connectivity index (χ1) is 11.1. The van der Waals surface area contributed by atoms with E-state index in [9.17, 15) is 14.7 Å². The van der Waals surface area contributed by atoms with Crippen LogP contribution in [0.5, 0.6) is 0 Å². The van der Waals surface area contributed by atoms with Crippen molar-refractivity contribution in [3.63, 3.8) is 0 Å². The highest BCUT2D eigenvalue weighted by atomic mass is 32.1. The third-order valence-electron chi connectivity index (χ3n) is 4.31. The van der Waals surface area contributed by atoms with Gasteiger partial charge in [0.25, 0.3) is 5.91 Å². The normalized spacial score (nSPS) is 15.7. The van der Waals surface area contributed by atoms with Crippen molar-refractivity contribution in [1.82, 2.24) is 5.32 Å². The van der Waals surface area contributed by atoms with Crippen molar-refractivity contribution in [3.05, 3.63) is 57.3 Å². The molecule has 2 aromatic rings. The number of aryl methyl sites for hydroxylation is 2. The van der Waals surface area contributed by atoms with E-state index in [1.165, 1.54) is 21.8 Å². The van der Waals surface area contributed by atoms with Gasteiger partial charge >= 0.3 is 5.97 Å². The molecule has 120 valence electrons. The number of carbonyl (C=O) groups excluding carboxylic acids is 1. The van der Waals surface area contributed by atoms with Crippen LogP contribution in [0, 0.1) is 5.92 Å². The number of benzene rings is 1. The summed E-state index contributed by atoms with van der Waals surface area (Å²) in [6, 6.07) is 10.7. The van der Waals surface area contributed by atoms with Crippen molar-refractivity contribution in [1.29, 1.82) is 0 Å². The van der Waals surface area contributed by atoms with Crippen LogP contribution in [0.4, 0.5) is 0 Å². The second-order valence-corrected chi connectivity index (χ2v) is 7.04. The van der Waals surface area contributed by atoms with Gasteiger partial charge in [0.05, 0.1) is 16.8 Å². The van der Waals surface area contributed by atoms with Gasteiger partial charge in [0.15, 0.2) is 0 Å². The highest BCUT2D eigenvalue weighted by Gasteiger charge is 2.28. The molecular weight excluding hydrogens is 310 g/mol. The molecule has 0 saturated heterocycles. The lowest BCUT2D eigenvalue weighted by Crippen LogP contribution is -2.35. The maximum Gasteiger partial charge on any atom is 0.308 e. The molecule has 4 nitrogen and oxygen atoms in total. The van der Waals surface area contributed by atoms with Crippen molar-refractivity contribution in [2.75, 3.05) is 0 Å². The number of hydrogen-bond donors (Lipinski definition) is 2. The number of thiophene rings is 1. The number of hydrogen-bond acceptors (Lipinski definition) is 3. The maximum absolute atomic E-state index is 12.6. The predicted molar refractivity (Wildman–Crippen MR) is 89.8 cm³/mol. The first-order valence-corrected chi connectivity index (χ1v) is 8.58. The second kappa shape index (κ2) is 6.54. The molecule has 2 unspecified atom stereocenters. The predicted octanol–water partition coefficient (Wildman–Crippen LogP) is 3.43. The highest BCUT2D eigenvalue weighted by Crippen LogP contribution is 2.31. The van der Waals surface area contributed by atoms with Gasteiger partial charge in [-0.05, 0) is 43.4 Å². The SMILES string of the molecule is CC(C(=O)O)C(NC(=O)c1cc2c(s1)CCC2)c1ccccc1. The lowest BCUT2D eigenvalue weighted by atomic mass is 9.94. The van der Waals surface area contributed by atoms with E-state index >= 15 is 0 Å². The molecule has 2 atom stereocenters. The maximum atomic E-state index is 12.6. The lowest BCUT2D eigenvalue weighted by Gasteiger charge is -2.22. The Balaban J connectivity index is 1.82. The lowest BCUT2D eigenvalue weighted by molar-refractivity contribution is -0.142. The Morgan fingerprint density at radius 3 is 2.61 bits per heavy atom. The largest absolute Gasteiger partial charge is 0.481 e. The topological polar surface area (TPSA) is 66.4 Å². The molecule has 1 amide bonds. The number of rotatable bonds is 5. The van der Waals surface area contributed by atoms with Crippen molar-refractivity contribution >= 4 is 23.2 Å². The van der Waals surface area contributed by atoms with E-state index in [4.69, 9.17) is 0 Å². The van der Waals surface area contributed by atoms with Gasteiger partial charge in [-0.15, -0.1) is 11.3 Å². The number of aliphatic carboxylic acids is 1. The number of carboxylic acid groups (broad SMARTS) is 1. The van der Waals surface area contributed by atoms with Crippen LogP contribution in [-0.2, 0) is 17.6 Å². The van der Waals surface area contributed by atoms with Crippen molar-refractivity contribution in [2.45, 2.75) is 32.2 Å². The highest BCUT2D eigenvalue weighted by molar-refractivity contribution is 7.14. The molecule has 0 bridgehead atoms. The van der Waals surface area contributed by atoms with E-state index < -0.39 is 17.9 Å². The number of amides is 1. The third kappa shape index (κ3) is 3.29. The molecule has 1 aromatic heterocycles. The summed E-state index contributed by atoms with van der Waals surface area (Å²) in [6.07, 6.45) is 3.24. The van der Waals surface area contributed by atoms with Gasteiger partial charge in [0.1, 0.15) is 0 Å². The summed E-state index contributed by atoms with van der Waals surface area (Å²) in [5, 5.41) is 12.3. The summed E-state index contributed by atoms with van der Waals surface area (Å²) in [5.41, 5.74) is 2.07. The van der Waals surface area contributed by atoms with E-state index in [-0.39, 0.29) is 5.91 Å². The Morgan fingerprint density at radius 1 is 1.22 bits per heavy atom. The van der Waals surface area contributed by atoms with Gasteiger partial charge in [-0.1, -0.05) is 30.3 Å². The molecule has 1 aliphatic rings. The van der Waals surface area contributed by atoms with Crippen LogP contribution in [0.25, 0.3) is 0 Å². The molecule has 1 aliphatic carbocycles.